The van der Waals surface area contributed by atoms with E-state index in [0.29, 0.717) is 25.6 Å². The van der Waals surface area contributed by atoms with Crippen LogP contribution < -0.4 is 10.6 Å². The van der Waals surface area contributed by atoms with Gasteiger partial charge in [-0.15, -0.1) is 0 Å². The van der Waals surface area contributed by atoms with Gasteiger partial charge in [0.2, 0.25) is 0 Å². The number of rotatable bonds is 7. The predicted molar refractivity (Wildman–Crippen MR) is 111 cm³/mol. The minimum atomic E-state index is -4.32. The lowest BCUT2D eigenvalue weighted by atomic mass is 10.1. The minimum Gasteiger partial charge on any atom is -0.357 e. The minimum absolute atomic E-state index is 0.380. The Morgan fingerprint density at radius 2 is 1.80 bits per heavy atom. The van der Waals surface area contributed by atoms with E-state index >= 15 is 0 Å². The molecular weight excluding hydrogens is 391 g/mol. The van der Waals surface area contributed by atoms with Crippen molar-refractivity contribution in [2.24, 2.45) is 4.99 Å². The maximum Gasteiger partial charge on any atom is 0.416 e. The number of aromatic nitrogens is 2. The molecule has 0 bridgehead atoms. The first-order chi connectivity index (χ1) is 14.4. The van der Waals surface area contributed by atoms with Gasteiger partial charge in [0.1, 0.15) is 0 Å². The van der Waals surface area contributed by atoms with E-state index in [-0.39, 0.29) is 0 Å². The smallest absolute Gasteiger partial charge is 0.357 e. The van der Waals surface area contributed by atoms with Crippen LogP contribution in [0.5, 0.6) is 0 Å². The molecule has 0 aliphatic carbocycles. The number of guanidine groups is 1. The molecule has 0 spiro atoms. The third-order valence-corrected chi connectivity index (χ3v) is 4.42. The highest BCUT2D eigenvalue weighted by molar-refractivity contribution is 5.79. The molecule has 0 amide bonds. The van der Waals surface area contributed by atoms with Crippen LogP contribution in [0.25, 0.3) is 0 Å². The highest BCUT2D eigenvalue weighted by Gasteiger charge is 2.29. The van der Waals surface area contributed by atoms with Crippen LogP contribution in [0.4, 0.5) is 13.2 Å². The molecule has 2 N–H and O–H groups in total. The number of aliphatic imine (C=N–C) groups is 1. The number of nitrogens with zero attached hydrogens (tertiary/aromatic N) is 3. The van der Waals surface area contributed by atoms with Gasteiger partial charge in [-0.2, -0.15) is 13.2 Å². The van der Waals surface area contributed by atoms with Gasteiger partial charge in [-0.05, 0) is 35.7 Å². The second kappa shape index (κ2) is 9.96. The van der Waals surface area contributed by atoms with Gasteiger partial charge in [-0.25, -0.2) is 9.98 Å². The first-order valence-corrected chi connectivity index (χ1v) is 9.66. The molecule has 0 aliphatic rings. The largest absolute Gasteiger partial charge is 0.416 e. The first kappa shape index (κ1) is 21.4. The van der Waals surface area contributed by atoms with Gasteiger partial charge in [0.25, 0.3) is 0 Å². The molecule has 0 atom stereocenters. The summed E-state index contributed by atoms with van der Waals surface area (Å²) in [5.74, 6) is 0.609. The van der Waals surface area contributed by atoms with Crippen molar-refractivity contribution in [3.63, 3.8) is 0 Å². The summed E-state index contributed by atoms with van der Waals surface area (Å²) in [6.07, 6.45) is 1.12. The lowest BCUT2D eigenvalue weighted by Gasteiger charge is -2.12. The van der Waals surface area contributed by atoms with Gasteiger partial charge < -0.3 is 15.2 Å². The molecule has 3 rings (SSSR count). The van der Waals surface area contributed by atoms with Crippen LogP contribution in [0.1, 0.15) is 29.2 Å². The Kier molecular flexibility index (Phi) is 7.11. The Labute approximate surface area is 173 Å². The maximum absolute atomic E-state index is 12.7. The van der Waals surface area contributed by atoms with Crippen molar-refractivity contribution in [1.82, 2.24) is 20.2 Å². The normalized spacial score (nSPS) is 12.1. The molecule has 0 fully saturated rings. The molecular formula is C22H24F3N5. The number of nitrogens with one attached hydrogen (secondary N) is 2. The van der Waals surface area contributed by atoms with E-state index in [0.717, 1.165) is 35.4 Å². The summed E-state index contributed by atoms with van der Waals surface area (Å²) in [4.78, 5) is 8.64. The number of alkyl halides is 3. The summed E-state index contributed by atoms with van der Waals surface area (Å²) >= 11 is 0. The van der Waals surface area contributed by atoms with Crippen LogP contribution in [0, 0.1) is 0 Å². The van der Waals surface area contributed by atoms with Crippen molar-refractivity contribution in [3.8, 4) is 0 Å². The fraction of sp³-hybridized carbons (Fsp3) is 0.273. The Hall–Kier alpha value is -3.29. The molecule has 30 heavy (non-hydrogen) atoms. The summed E-state index contributed by atoms with van der Waals surface area (Å²) < 4.78 is 40.0. The number of hydrogen-bond acceptors (Lipinski definition) is 2. The Bertz CT molecular complexity index is 948. The van der Waals surface area contributed by atoms with Crippen LogP contribution in [-0.4, -0.2) is 22.1 Å². The molecule has 0 radical (unpaired) electrons. The number of imidazole rings is 1. The number of hydrogen-bond donors (Lipinski definition) is 2. The first-order valence-electron chi connectivity index (χ1n) is 9.66. The molecule has 0 unspecified atom stereocenters. The van der Waals surface area contributed by atoms with E-state index in [1.807, 2.05) is 29.8 Å². The molecule has 158 valence electrons. The average molecular weight is 415 g/mol. The summed E-state index contributed by atoms with van der Waals surface area (Å²) in [5, 5.41) is 6.32. The molecule has 0 saturated carbocycles. The quantitative estimate of drug-likeness (QED) is 0.449. The van der Waals surface area contributed by atoms with Crippen molar-refractivity contribution in [3.05, 3.63) is 89.5 Å². The molecule has 0 aliphatic heterocycles. The van der Waals surface area contributed by atoms with Crippen molar-refractivity contribution >= 4 is 5.96 Å². The van der Waals surface area contributed by atoms with Crippen LogP contribution in [0.3, 0.4) is 0 Å². The van der Waals surface area contributed by atoms with E-state index in [2.05, 4.69) is 32.7 Å². The highest BCUT2D eigenvalue weighted by atomic mass is 19.4. The third-order valence-electron chi connectivity index (χ3n) is 4.42. The molecule has 1 aromatic heterocycles. The van der Waals surface area contributed by atoms with Crippen LogP contribution in [0.15, 0.2) is 72.2 Å². The number of benzene rings is 2. The monoisotopic (exact) mass is 415 g/mol. The molecule has 1 heterocycles. The fourth-order valence-electron chi connectivity index (χ4n) is 2.93. The second-order valence-electron chi connectivity index (χ2n) is 6.80. The topological polar surface area (TPSA) is 54.2 Å². The zero-order valence-corrected chi connectivity index (χ0v) is 16.7. The Balaban J connectivity index is 1.60. The summed E-state index contributed by atoms with van der Waals surface area (Å²) in [6.45, 7) is 4.25. The van der Waals surface area contributed by atoms with E-state index in [1.165, 1.54) is 12.1 Å². The van der Waals surface area contributed by atoms with Gasteiger partial charge >= 0.3 is 6.18 Å². The SMILES string of the molecule is CCNC(=NCc1cccc(Cn2ccnc2)c1)NCc1ccc(C(F)(F)F)cc1. The fourth-order valence-corrected chi connectivity index (χ4v) is 2.93. The van der Waals surface area contributed by atoms with Crippen LogP contribution in [0.2, 0.25) is 0 Å². The average Bonchev–Trinajstić information content (AvgIpc) is 3.23. The summed E-state index contributed by atoms with van der Waals surface area (Å²) in [5.41, 5.74) is 2.32. The highest BCUT2D eigenvalue weighted by Crippen LogP contribution is 2.29. The Morgan fingerprint density at radius 3 is 2.47 bits per heavy atom. The van der Waals surface area contributed by atoms with Gasteiger partial charge in [-0.1, -0.05) is 36.4 Å². The molecule has 5 nitrogen and oxygen atoms in total. The van der Waals surface area contributed by atoms with Crippen molar-refractivity contribution in [2.45, 2.75) is 32.7 Å². The van der Waals surface area contributed by atoms with Gasteiger partial charge in [0.05, 0.1) is 18.4 Å². The van der Waals surface area contributed by atoms with Crippen LogP contribution in [-0.2, 0) is 25.8 Å². The lowest BCUT2D eigenvalue weighted by molar-refractivity contribution is -0.137. The van der Waals surface area contributed by atoms with Crippen LogP contribution >= 0.6 is 0 Å². The summed E-state index contributed by atoms with van der Waals surface area (Å²) in [7, 11) is 0. The van der Waals surface area contributed by atoms with Gasteiger partial charge in [0.15, 0.2) is 5.96 Å². The van der Waals surface area contributed by atoms with E-state index in [1.54, 1.807) is 12.5 Å². The molecule has 0 saturated heterocycles. The van der Waals surface area contributed by atoms with Gasteiger partial charge in [0, 0.05) is 32.0 Å². The number of halogens is 3. The van der Waals surface area contributed by atoms with Gasteiger partial charge in [-0.3, -0.25) is 0 Å². The molecule has 8 heteroatoms. The van der Waals surface area contributed by atoms with Crippen molar-refractivity contribution in [2.75, 3.05) is 6.54 Å². The zero-order valence-electron chi connectivity index (χ0n) is 16.7. The molecule has 3 aromatic rings. The predicted octanol–water partition coefficient (Wildman–Crippen LogP) is 4.21. The van der Waals surface area contributed by atoms with E-state index < -0.39 is 11.7 Å². The zero-order chi connectivity index (χ0) is 21.4. The third kappa shape index (κ3) is 6.37. The maximum atomic E-state index is 12.7. The van der Waals surface area contributed by atoms with E-state index in [9.17, 15) is 13.2 Å². The van der Waals surface area contributed by atoms with E-state index in [4.69, 9.17) is 0 Å². The second-order valence-corrected chi connectivity index (χ2v) is 6.80. The Morgan fingerprint density at radius 1 is 1.03 bits per heavy atom. The van der Waals surface area contributed by atoms with Crippen molar-refractivity contribution in [1.29, 1.82) is 0 Å². The van der Waals surface area contributed by atoms with Crippen molar-refractivity contribution < 1.29 is 13.2 Å². The summed E-state index contributed by atoms with van der Waals surface area (Å²) in [6, 6.07) is 13.3. The lowest BCUT2D eigenvalue weighted by Crippen LogP contribution is -2.36. The molecule has 2 aromatic carbocycles. The standard InChI is InChI=1S/C22H24F3N5/c1-2-27-21(28-13-17-6-8-20(9-7-17)22(23,24)25)29-14-18-4-3-5-19(12-18)15-30-11-10-26-16-30/h3-12,16H,2,13-15H2,1H3,(H2,27,28,29).